The lowest BCUT2D eigenvalue weighted by atomic mass is 9.94. The number of benzene rings is 1. The van der Waals surface area contributed by atoms with Gasteiger partial charge in [0.05, 0.1) is 19.3 Å². The Bertz CT molecular complexity index is 373. The number of ether oxygens (including phenoxy) is 2. The van der Waals surface area contributed by atoms with Crippen molar-refractivity contribution in [3.63, 3.8) is 0 Å². The first-order valence-corrected chi connectivity index (χ1v) is 5.98. The lowest BCUT2D eigenvalue weighted by Crippen LogP contribution is -2.28. The third-order valence-electron chi connectivity index (χ3n) is 3.15. The number of methoxy groups -OCH3 is 2. The molecule has 0 aromatic heterocycles. The van der Waals surface area contributed by atoms with Gasteiger partial charge in [-0.2, -0.15) is 0 Å². The molecule has 0 saturated carbocycles. The molecule has 1 aromatic carbocycles. The van der Waals surface area contributed by atoms with Crippen molar-refractivity contribution in [2.75, 3.05) is 14.2 Å². The van der Waals surface area contributed by atoms with Crippen LogP contribution in [0.15, 0.2) is 12.1 Å². The molecule has 2 N–H and O–H groups in total. The van der Waals surface area contributed by atoms with Crippen LogP contribution in [0.2, 0.25) is 0 Å². The maximum Gasteiger partial charge on any atom is 0.124 e. The van der Waals surface area contributed by atoms with Crippen molar-refractivity contribution in [1.29, 1.82) is 0 Å². The molecule has 0 heterocycles. The summed E-state index contributed by atoms with van der Waals surface area (Å²) in [6.45, 7) is 6.19. The van der Waals surface area contributed by atoms with E-state index in [1.54, 1.807) is 14.2 Å². The fraction of sp³-hybridized carbons (Fsp3) is 0.571. The zero-order chi connectivity index (χ0) is 13.0. The van der Waals surface area contributed by atoms with E-state index in [1.807, 2.05) is 6.07 Å². The SMILES string of the molecule is CCC(OC)C(N)c1c(C)cc(C)cc1OC. The Kier molecular flexibility index (Phi) is 4.97. The summed E-state index contributed by atoms with van der Waals surface area (Å²) < 4.78 is 10.9. The van der Waals surface area contributed by atoms with Gasteiger partial charge < -0.3 is 15.2 Å². The molecular weight excluding hydrogens is 214 g/mol. The topological polar surface area (TPSA) is 44.5 Å². The Morgan fingerprint density at radius 1 is 1.24 bits per heavy atom. The largest absolute Gasteiger partial charge is 0.496 e. The quantitative estimate of drug-likeness (QED) is 0.856. The van der Waals surface area contributed by atoms with Crippen LogP contribution >= 0.6 is 0 Å². The predicted molar refractivity (Wildman–Crippen MR) is 70.5 cm³/mol. The van der Waals surface area contributed by atoms with Crippen molar-refractivity contribution in [2.24, 2.45) is 5.73 Å². The first kappa shape index (κ1) is 14.0. The number of nitrogens with two attached hydrogens (primary N) is 1. The minimum absolute atomic E-state index is 0.0188. The molecule has 0 spiro atoms. The molecule has 0 fully saturated rings. The maximum absolute atomic E-state index is 6.28. The molecule has 0 aliphatic heterocycles. The van der Waals surface area contributed by atoms with Crippen LogP contribution < -0.4 is 10.5 Å². The van der Waals surface area contributed by atoms with E-state index in [1.165, 1.54) is 5.56 Å². The van der Waals surface area contributed by atoms with Gasteiger partial charge in [-0.05, 0) is 37.5 Å². The van der Waals surface area contributed by atoms with Crippen LogP contribution in [0.3, 0.4) is 0 Å². The van der Waals surface area contributed by atoms with E-state index in [-0.39, 0.29) is 12.1 Å². The summed E-state index contributed by atoms with van der Waals surface area (Å²) >= 11 is 0. The highest BCUT2D eigenvalue weighted by atomic mass is 16.5. The smallest absolute Gasteiger partial charge is 0.124 e. The molecule has 1 aromatic rings. The predicted octanol–water partition coefficient (Wildman–Crippen LogP) is 2.74. The first-order chi connectivity index (χ1) is 8.04. The minimum Gasteiger partial charge on any atom is -0.496 e. The van der Waals surface area contributed by atoms with Crippen molar-refractivity contribution in [3.05, 3.63) is 28.8 Å². The summed E-state index contributed by atoms with van der Waals surface area (Å²) in [6.07, 6.45) is 0.902. The normalized spacial score (nSPS) is 14.5. The molecule has 0 aliphatic carbocycles. The van der Waals surface area contributed by atoms with Gasteiger partial charge in [0.25, 0.3) is 0 Å². The van der Waals surface area contributed by atoms with Crippen LogP contribution in [-0.2, 0) is 4.74 Å². The number of hydrogen-bond donors (Lipinski definition) is 1. The molecule has 17 heavy (non-hydrogen) atoms. The Labute approximate surface area is 104 Å². The third kappa shape index (κ3) is 2.99. The maximum atomic E-state index is 6.28. The minimum atomic E-state index is -0.152. The first-order valence-electron chi connectivity index (χ1n) is 5.98. The molecule has 2 unspecified atom stereocenters. The highest BCUT2D eigenvalue weighted by Crippen LogP contribution is 2.31. The van der Waals surface area contributed by atoms with Crippen molar-refractivity contribution >= 4 is 0 Å². The number of rotatable bonds is 5. The zero-order valence-electron chi connectivity index (χ0n) is 11.4. The van der Waals surface area contributed by atoms with Crippen LogP contribution in [-0.4, -0.2) is 20.3 Å². The molecule has 2 atom stereocenters. The molecule has 96 valence electrons. The van der Waals surface area contributed by atoms with E-state index >= 15 is 0 Å². The molecule has 3 heteroatoms. The number of hydrogen-bond acceptors (Lipinski definition) is 3. The van der Waals surface area contributed by atoms with Gasteiger partial charge in [-0.1, -0.05) is 13.0 Å². The second-order valence-electron chi connectivity index (χ2n) is 4.41. The van der Waals surface area contributed by atoms with Crippen molar-refractivity contribution in [1.82, 2.24) is 0 Å². The summed E-state index contributed by atoms with van der Waals surface area (Å²) in [4.78, 5) is 0. The summed E-state index contributed by atoms with van der Waals surface area (Å²) in [5, 5.41) is 0. The van der Waals surface area contributed by atoms with Crippen LogP contribution in [0.25, 0.3) is 0 Å². The summed E-state index contributed by atoms with van der Waals surface area (Å²) in [6, 6.07) is 3.99. The molecule has 0 amide bonds. The van der Waals surface area contributed by atoms with Crippen LogP contribution in [0, 0.1) is 13.8 Å². The Morgan fingerprint density at radius 2 is 1.88 bits per heavy atom. The average molecular weight is 237 g/mol. The molecular formula is C14H23NO2. The van der Waals surface area contributed by atoms with Crippen molar-refractivity contribution in [2.45, 2.75) is 39.3 Å². The third-order valence-corrected chi connectivity index (χ3v) is 3.15. The Balaban J connectivity index is 3.19. The zero-order valence-corrected chi connectivity index (χ0v) is 11.4. The fourth-order valence-electron chi connectivity index (χ4n) is 2.29. The van der Waals surface area contributed by atoms with Gasteiger partial charge in [0.15, 0.2) is 0 Å². The van der Waals surface area contributed by atoms with Gasteiger partial charge in [0, 0.05) is 12.7 Å². The second-order valence-corrected chi connectivity index (χ2v) is 4.41. The Hall–Kier alpha value is -1.06. The van der Waals surface area contributed by atoms with Gasteiger partial charge in [0.2, 0.25) is 0 Å². The van der Waals surface area contributed by atoms with Gasteiger partial charge in [-0.15, -0.1) is 0 Å². The van der Waals surface area contributed by atoms with Crippen LogP contribution in [0.1, 0.15) is 36.1 Å². The van der Waals surface area contributed by atoms with Gasteiger partial charge in [-0.25, -0.2) is 0 Å². The van der Waals surface area contributed by atoms with E-state index in [0.29, 0.717) is 0 Å². The summed E-state index contributed by atoms with van der Waals surface area (Å²) in [5.41, 5.74) is 9.67. The van der Waals surface area contributed by atoms with E-state index in [9.17, 15) is 0 Å². The standard InChI is InChI=1S/C14H23NO2/c1-6-11(16-4)14(15)13-10(3)7-9(2)8-12(13)17-5/h7-8,11,14H,6,15H2,1-5H3. The lowest BCUT2D eigenvalue weighted by Gasteiger charge is -2.25. The summed E-state index contributed by atoms with van der Waals surface area (Å²) in [7, 11) is 3.38. The average Bonchev–Trinajstić information content (AvgIpc) is 2.29. The molecule has 0 radical (unpaired) electrons. The molecule has 0 aliphatic rings. The molecule has 0 saturated heterocycles. The lowest BCUT2D eigenvalue weighted by molar-refractivity contribution is 0.0762. The fourth-order valence-corrected chi connectivity index (χ4v) is 2.29. The van der Waals surface area contributed by atoms with E-state index in [2.05, 4.69) is 26.8 Å². The van der Waals surface area contributed by atoms with Crippen LogP contribution in [0.4, 0.5) is 0 Å². The second kappa shape index (κ2) is 6.03. The van der Waals surface area contributed by atoms with Crippen molar-refractivity contribution in [3.8, 4) is 5.75 Å². The van der Waals surface area contributed by atoms with Gasteiger partial charge >= 0.3 is 0 Å². The van der Waals surface area contributed by atoms with Gasteiger partial charge in [-0.3, -0.25) is 0 Å². The van der Waals surface area contributed by atoms with E-state index < -0.39 is 0 Å². The molecule has 0 bridgehead atoms. The van der Waals surface area contributed by atoms with Gasteiger partial charge in [0.1, 0.15) is 5.75 Å². The highest BCUT2D eigenvalue weighted by Gasteiger charge is 2.22. The summed E-state index contributed by atoms with van der Waals surface area (Å²) in [5.74, 6) is 0.852. The highest BCUT2D eigenvalue weighted by molar-refractivity contribution is 5.45. The molecule has 3 nitrogen and oxygen atoms in total. The molecule has 1 rings (SSSR count). The van der Waals surface area contributed by atoms with Crippen LogP contribution in [0.5, 0.6) is 5.75 Å². The van der Waals surface area contributed by atoms with E-state index in [0.717, 1.165) is 23.3 Å². The Morgan fingerprint density at radius 3 is 2.35 bits per heavy atom. The monoisotopic (exact) mass is 237 g/mol. The van der Waals surface area contributed by atoms with E-state index in [4.69, 9.17) is 15.2 Å². The van der Waals surface area contributed by atoms with Crippen molar-refractivity contribution < 1.29 is 9.47 Å². The number of aryl methyl sites for hydroxylation is 2.